The molecule has 4 N–H and O–H groups in total. The normalized spacial score (nSPS) is 12.2. The van der Waals surface area contributed by atoms with Crippen molar-refractivity contribution in [3.8, 4) is 11.5 Å². The molecule has 88 valence electrons. The molecule has 0 spiro atoms. The second-order valence-corrected chi connectivity index (χ2v) is 3.81. The Balaban J connectivity index is 3.39. The van der Waals surface area contributed by atoms with E-state index in [0.29, 0.717) is 0 Å². The molecule has 0 amide bonds. The van der Waals surface area contributed by atoms with Crippen molar-refractivity contribution in [2.75, 3.05) is 7.11 Å². The van der Waals surface area contributed by atoms with E-state index in [1.54, 1.807) is 0 Å². The summed E-state index contributed by atoms with van der Waals surface area (Å²) in [7, 11) is 1.22. The highest BCUT2D eigenvalue weighted by molar-refractivity contribution is 9.10. The number of phenols is 1. The van der Waals surface area contributed by atoms with E-state index in [-0.39, 0.29) is 15.8 Å². The molecule has 0 saturated heterocycles. The number of hydrogen-bond donors (Lipinski definition) is 3. The van der Waals surface area contributed by atoms with E-state index in [2.05, 4.69) is 20.7 Å². The van der Waals surface area contributed by atoms with Crippen LogP contribution in [0.15, 0.2) is 10.5 Å². The number of phenolic OH excluding ortho intramolecular Hbond substituents is 1. The zero-order valence-electron chi connectivity index (χ0n) is 8.20. The van der Waals surface area contributed by atoms with E-state index in [1.165, 1.54) is 13.2 Å². The first-order chi connectivity index (χ1) is 7.40. The fourth-order valence-electron chi connectivity index (χ4n) is 1.17. The van der Waals surface area contributed by atoms with Gasteiger partial charge in [0.15, 0.2) is 11.5 Å². The molecule has 1 aromatic rings. The summed E-state index contributed by atoms with van der Waals surface area (Å²) in [6.07, 6.45) is 0. The van der Waals surface area contributed by atoms with Crippen LogP contribution < -0.4 is 10.5 Å². The molecule has 16 heavy (non-hydrogen) atoms. The number of halogens is 2. The van der Waals surface area contributed by atoms with Gasteiger partial charge in [-0.15, -0.1) is 0 Å². The van der Waals surface area contributed by atoms with Crippen LogP contribution in [0.25, 0.3) is 0 Å². The summed E-state index contributed by atoms with van der Waals surface area (Å²) in [5, 5.41) is 18.1. The van der Waals surface area contributed by atoms with E-state index in [4.69, 9.17) is 10.8 Å². The van der Waals surface area contributed by atoms with Gasteiger partial charge in [-0.1, -0.05) is 0 Å². The maximum Gasteiger partial charge on any atom is 0.325 e. The van der Waals surface area contributed by atoms with Crippen LogP contribution in [0, 0.1) is 5.82 Å². The molecule has 1 unspecified atom stereocenters. The highest BCUT2D eigenvalue weighted by atomic mass is 79.9. The van der Waals surface area contributed by atoms with Crippen LogP contribution >= 0.6 is 15.9 Å². The molecular weight excluding hydrogens is 285 g/mol. The number of carboxylic acids is 1. The summed E-state index contributed by atoms with van der Waals surface area (Å²) < 4.78 is 18.4. The fraction of sp³-hybridized carbons (Fsp3) is 0.222. The maximum atomic E-state index is 13.5. The lowest BCUT2D eigenvalue weighted by Crippen LogP contribution is -2.21. The number of ether oxygens (including phenoxy) is 1. The molecule has 1 aromatic carbocycles. The van der Waals surface area contributed by atoms with Crippen molar-refractivity contribution in [3.05, 3.63) is 21.9 Å². The SMILES string of the molecule is COc1c(Br)cc(C(N)C(=O)O)c(O)c1F. The van der Waals surface area contributed by atoms with Gasteiger partial charge in [0, 0.05) is 5.56 Å². The minimum Gasteiger partial charge on any atom is -0.504 e. The Morgan fingerprint density at radius 3 is 2.69 bits per heavy atom. The van der Waals surface area contributed by atoms with Crippen molar-refractivity contribution in [2.24, 2.45) is 5.73 Å². The van der Waals surface area contributed by atoms with Gasteiger partial charge in [0.2, 0.25) is 5.82 Å². The van der Waals surface area contributed by atoms with Crippen LogP contribution in [0.4, 0.5) is 4.39 Å². The van der Waals surface area contributed by atoms with Crippen LogP contribution in [-0.2, 0) is 4.79 Å². The Morgan fingerprint density at radius 1 is 1.69 bits per heavy atom. The lowest BCUT2D eigenvalue weighted by atomic mass is 10.1. The van der Waals surface area contributed by atoms with E-state index >= 15 is 0 Å². The number of aliphatic carboxylic acids is 1. The van der Waals surface area contributed by atoms with Gasteiger partial charge in [-0.05, 0) is 22.0 Å². The van der Waals surface area contributed by atoms with Crippen molar-refractivity contribution in [2.45, 2.75) is 6.04 Å². The molecule has 7 heteroatoms. The topological polar surface area (TPSA) is 92.8 Å². The smallest absolute Gasteiger partial charge is 0.325 e. The number of methoxy groups -OCH3 is 1. The molecule has 0 aliphatic rings. The molecule has 0 aliphatic heterocycles. The van der Waals surface area contributed by atoms with Crippen LogP contribution in [0.1, 0.15) is 11.6 Å². The van der Waals surface area contributed by atoms with Gasteiger partial charge < -0.3 is 20.7 Å². The molecular formula is C9H9BrFNO4. The first-order valence-corrected chi connectivity index (χ1v) is 4.92. The van der Waals surface area contributed by atoms with Gasteiger partial charge in [0.25, 0.3) is 0 Å². The number of carbonyl (C=O) groups is 1. The third-order valence-electron chi connectivity index (χ3n) is 1.99. The summed E-state index contributed by atoms with van der Waals surface area (Å²) in [5.74, 6) is -3.45. The molecule has 0 aromatic heterocycles. The number of benzene rings is 1. The number of carboxylic acid groups (broad SMARTS) is 1. The Morgan fingerprint density at radius 2 is 2.25 bits per heavy atom. The standard InChI is InChI=1S/C9H9BrFNO4/c1-16-8-4(10)2-3(6(12)9(14)15)7(13)5(8)11/h2,6,13H,12H2,1H3,(H,14,15). The maximum absolute atomic E-state index is 13.5. The third-order valence-corrected chi connectivity index (χ3v) is 2.57. The highest BCUT2D eigenvalue weighted by Crippen LogP contribution is 2.38. The van der Waals surface area contributed by atoms with Gasteiger partial charge in [-0.2, -0.15) is 4.39 Å². The molecule has 0 aliphatic carbocycles. The zero-order chi connectivity index (χ0) is 12.5. The van der Waals surface area contributed by atoms with Crippen molar-refractivity contribution >= 4 is 21.9 Å². The second-order valence-electron chi connectivity index (χ2n) is 2.96. The van der Waals surface area contributed by atoms with Gasteiger partial charge in [-0.25, -0.2) is 0 Å². The van der Waals surface area contributed by atoms with Gasteiger partial charge in [-0.3, -0.25) is 4.79 Å². The van der Waals surface area contributed by atoms with E-state index in [9.17, 15) is 14.3 Å². The van der Waals surface area contributed by atoms with Crippen molar-refractivity contribution in [1.82, 2.24) is 0 Å². The molecule has 1 atom stereocenters. The van der Waals surface area contributed by atoms with E-state index in [1.807, 2.05) is 0 Å². The van der Waals surface area contributed by atoms with Gasteiger partial charge >= 0.3 is 5.97 Å². The first-order valence-electron chi connectivity index (χ1n) is 4.13. The van der Waals surface area contributed by atoms with Crippen molar-refractivity contribution in [3.63, 3.8) is 0 Å². The minimum atomic E-state index is -1.50. The fourth-order valence-corrected chi connectivity index (χ4v) is 1.75. The molecule has 5 nitrogen and oxygen atoms in total. The summed E-state index contributed by atoms with van der Waals surface area (Å²) >= 11 is 2.99. The number of hydrogen-bond acceptors (Lipinski definition) is 4. The van der Waals surface area contributed by atoms with Crippen LogP contribution in [0.2, 0.25) is 0 Å². The van der Waals surface area contributed by atoms with E-state index < -0.39 is 23.6 Å². The number of aromatic hydroxyl groups is 1. The van der Waals surface area contributed by atoms with Gasteiger partial charge in [0.1, 0.15) is 6.04 Å². The molecule has 0 heterocycles. The molecule has 1 rings (SSSR count). The third kappa shape index (κ3) is 2.10. The van der Waals surface area contributed by atoms with Crippen molar-refractivity contribution in [1.29, 1.82) is 0 Å². The Hall–Kier alpha value is -1.34. The van der Waals surface area contributed by atoms with E-state index in [0.717, 1.165) is 0 Å². The lowest BCUT2D eigenvalue weighted by Gasteiger charge is -2.13. The summed E-state index contributed by atoms with van der Waals surface area (Å²) in [5.41, 5.74) is 5.06. The largest absolute Gasteiger partial charge is 0.504 e. The summed E-state index contributed by atoms with van der Waals surface area (Å²) in [6, 6.07) is -0.299. The molecule has 0 fully saturated rings. The average molecular weight is 294 g/mol. The quantitative estimate of drug-likeness (QED) is 0.783. The Bertz CT molecular complexity index is 438. The Kier molecular flexibility index (Phi) is 3.71. The van der Waals surface area contributed by atoms with Crippen LogP contribution in [0.3, 0.4) is 0 Å². The van der Waals surface area contributed by atoms with Gasteiger partial charge in [0.05, 0.1) is 11.6 Å². The molecule has 0 radical (unpaired) electrons. The lowest BCUT2D eigenvalue weighted by molar-refractivity contribution is -0.138. The van der Waals surface area contributed by atoms with Crippen LogP contribution in [0.5, 0.6) is 11.5 Å². The molecule has 0 bridgehead atoms. The highest BCUT2D eigenvalue weighted by Gasteiger charge is 2.24. The minimum absolute atomic E-state index is 0.178. The van der Waals surface area contributed by atoms with Crippen molar-refractivity contribution < 1.29 is 24.1 Å². The van der Waals surface area contributed by atoms with Crippen LogP contribution in [-0.4, -0.2) is 23.3 Å². The predicted octanol–water partition coefficient (Wildman–Crippen LogP) is 1.39. The number of rotatable bonds is 3. The molecule has 0 saturated carbocycles. The Labute approximate surface area is 98.8 Å². The monoisotopic (exact) mass is 293 g/mol. The average Bonchev–Trinajstić information content (AvgIpc) is 2.23. The zero-order valence-corrected chi connectivity index (χ0v) is 9.78. The second kappa shape index (κ2) is 4.67. The predicted molar refractivity (Wildman–Crippen MR) is 56.9 cm³/mol. The number of nitrogens with two attached hydrogens (primary N) is 1. The summed E-state index contributed by atoms with van der Waals surface area (Å²) in [6.45, 7) is 0. The first kappa shape index (κ1) is 12.7. The summed E-state index contributed by atoms with van der Waals surface area (Å²) in [4.78, 5) is 10.6.